The molecule has 0 aromatic heterocycles. The van der Waals surface area contributed by atoms with Crippen molar-refractivity contribution in [3.63, 3.8) is 0 Å². The summed E-state index contributed by atoms with van der Waals surface area (Å²) < 4.78 is 10.8. The van der Waals surface area contributed by atoms with Crippen molar-refractivity contribution in [2.24, 2.45) is 0 Å². The molecule has 2 aromatic rings. The molecular formula is C20H25ClN2O2. The number of piperazine rings is 1. The third-order valence-corrected chi connectivity index (χ3v) is 4.88. The molecule has 0 radical (unpaired) electrons. The first kappa shape index (κ1) is 18.1. The van der Waals surface area contributed by atoms with E-state index in [1.807, 2.05) is 24.3 Å². The lowest BCUT2D eigenvalue weighted by Gasteiger charge is -2.35. The number of nitrogens with zero attached hydrogens (tertiary/aromatic N) is 2. The van der Waals surface area contributed by atoms with Crippen molar-refractivity contribution in [2.75, 3.05) is 40.4 Å². The average Bonchev–Trinajstić information content (AvgIpc) is 2.63. The van der Waals surface area contributed by atoms with Gasteiger partial charge in [0, 0.05) is 55.9 Å². The molecule has 4 nitrogen and oxygen atoms in total. The highest BCUT2D eigenvalue weighted by molar-refractivity contribution is 6.30. The average molecular weight is 361 g/mol. The van der Waals surface area contributed by atoms with Gasteiger partial charge in [0.15, 0.2) is 0 Å². The van der Waals surface area contributed by atoms with Crippen molar-refractivity contribution in [3.05, 3.63) is 58.6 Å². The van der Waals surface area contributed by atoms with Crippen LogP contribution in [0, 0.1) is 0 Å². The van der Waals surface area contributed by atoms with Crippen LogP contribution in [0.25, 0.3) is 0 Å². The number of ether oxygens (including phenoxy) is 2. The van der Waals surface area contributed by atoms with E-state index in [0.29, 0.717) is 0 Å². The van der Waals surface area contributed by atoms with E-state index in [1.165, 1.54) is 11.1 Å². The third kappa shape index (κ3) is 4.88. The summed E-state index contributed by atoms with van der Waals surface area (Å²) in [5.74, 6) is 1.72. The summed E-state index contributed by atoms with van der Waals surface area (Å²) in [5, 5.41) is 0.808. The first-order chi connectivity index (χ1) is 12.2. The van der Waals surface area contributed by atoms with Gasteiger partial charge >= 0.3 is 0 Å². The van der Waals surface area contributed by atoms with Crippen molar-refractivity contribution in [2.45, 2.75) is 13.1 Å². The Morgan fingerprint density at radius 2 is 1.60 bits per heavy atom. The molecule has 1 aliphatic rings. The molecule has 1 aliphatic heterocycles. The van der Waals surface area contributed by atoms with Crippen molar-refractivity contribution in [1.82, 2.24) is 9.80 Å². The Hall–Kier alpha value is -1.75. The second kappa shape index (κ2) is 8.56. The number of hydrogen-bond donors (Lipinski definition) is 0. The SMILES string of the molecule is COc1ccc(CN2CCN(Cc3cccc(Cl)c3)CC2)c(OC)c1. The topological polar surface area (TPSA) is 24.9 Å². The normalized spacial score (nSPS) is 16.0. The smallest absolute Gasteiger partial charge is 0.127 e. The first-order valence-electron chi connectivity index (χ1n) is 8.58. The summed E-state index contributed by atoms with van der Waals surface area (Å²) in [7, 11) is 3.38. The van der Waals surface area contributed by atoms with Gasteiger partial charge < -0.3 is 9.47 Å². The fourth-order valence-electron chi connectivity index (χ4n) is 3.22. The Bertz CT molecular complexity index is 700. The zero-order valence-corrected chi connectivity index (χ0v) is 15.6. The Labute approximate surface area is 154 Å². The van der Waals surface area contributed by atoms with Crippen LogP contribution < -0.4 is 9.47 Å². The highest BCUT2D eigenvalue weighted by Gasteiger charge is 2.18. The third-order valence-electron chi connectivity index (χ3n) is 4.65. The van der Waals surface area contributed by atoms with E-state index in [9.17, 15) is 0 Å². The Morgan fingerprint density at radius 1 is 0.880 bits per heavy atom. The molecule has 0 atom stereocenters. The lowest BCUT2D eigenvalue weighted by molar-refractivity contribution is 0.121. The number of methoxy groups -OCH3 is 2. The van der Waals surface area contributed by atoms with Gasteiger partial charge in [0.05, 0.1) is 14.2 Å². The molecule has 0 spiro atoms. The standard InChI is InChI=1S/C20H25ClN2O2/c1-24-19-7-6-17(20(13-19)25-2)15-23-10-8-22(9-11-23)14-16-4-3-5-18(21)12-16/h3-7,12-13H,8-11,14-15H2,1-2H3. The van der Waals surface area contributed by atoms with E-state index < -0.39 is 0 Å². The van der Waals surface area contributed by atoms with Crippen LogP contribution in [0.3, 0.4) is 0 Å². The van der Waals surface area contributed by atoms with Crippen molar-refractivity contribution >= 4 is 11.6 Å². The quantitative estimate of drug-likeness (QED) is 0.784. The van der Waals surface area contributed by atoms with Gasteiger partial charge in [-0.25, -0.2) is 0 Å². The molecule has 0 bridgehead atoms. The predicted molar refractivity (Wildman–Crippen MR) is 102 cm³/mol. The molecule has 0 amide bonds. The zero-order chi connectivity index (χ0) is 17.6. The monoisotopic (exact) mass is 360 g/mol. The minimum atomic E-state index is 0.808. The predicted octanol–water partition coefficient (Wildman–Crippen LogP) is 3.68. The molecule has 1 fully saturated rings. The molecule has 1 heterocycles. The van der Waals surface area contributed by atoms with E-state index in [2.05, 4.69) is 28.0 Å². The van der Waals surface area contributed by atoms with Crippen LogP contribution in [-0.2, 0) is 13.1 Å². The number of benzene rings is 2. The molecule has 0 unspecified atom stereocenters. The largest absolute Gasteiger partial charge is 0.497 e. The fraction of sp³-hybridized carbons (Fsp3) is 0.400. The molecule has 2 aromatic carbocycles. The molecule has 1 saturated heterocycles. The summed E-state index contributed by atoms with van der Waals surface area (Å²) in [6, 6.07) is 14.2. The number of hydrogen-bond acceptors (Lipinski definition) is 4. The van der Waals surface area contributed by atoms with E-state index in [4.69, 9.17) is 21.1 Å². The van der Waals surface area contributed by atoms with Gasteiger partial charge in [0.2, 0.25) is 0 Å². The van der Waals surface area contributed by atoms with Crippen molar-refractivity contribution in [3.8, 4) is 11.5 Å². The second-order valence-electron chi connectivity index (χ2n) is 6.36. The second-order valence-corrected chi connectivity index (χ2v) is 6.80. The minimum Gasteiger partial charge on any atom is -0.497 e. The van der Waals surface area contributed by atoms with Gasteiger partial charge in [0.1, 0.15) is 11.5 Å². The van der Waals surface area contributed by atoms with Crippen LogP contribution in [-0.4, -0.2) is 50.2 Å². The summed E-state index contributed by atoms with van der Waals surface area (Å²) in [6.07, 6.45) is 0. The van der Waals surface area contributed by atoms with Gasteiger partial charge in [-0.3, -0.25) is 9.80 Å². The maximum absolute atomic E-state index is 6.08. The van der Waals surface area contributed by atoms with E-state index >= 15 is 0 Å². The maximum Gasteiger partial charge on any atom is 0.127 e. The first-order valence-corrected chi connectivity index (χ1v) is 8.96. The lowest BCUT2D eigenvalue weighted by atomic mass is 10.1. The van der Waals surface area contributed by atoms with Gasteiger partial charge in [-0.1, -0.05) is 29.8 Å². The van der Waals surface area contributed by atoms with E-state index in [-0.39, 0.29) is 0 Å². The lowest BCUT2D eigenvalue weighted by Crippen LogP contribution is -2.45. The van der Waals surface area contributed by atoms with Crippen LogP contribution >= 0.6 is 11.6 Å². The summed E-state index contributed by atoms with van der Waals surface area (Å²) in [4.78, 5) is 4.95. The van der Waals surface area contributed by atoms with Crippen LogP contribution in [0.5, 0.6) is 11.5 Å². The Morgan fingerprint density at radius 3 is 2.24 bits per heavy atom. The van der Waals surface area contributed by atoms with Crippen molar-refractivity contribution in [1.29, 1.82) is 0 Å². The molecule has 0 saturated carbocycles. The number of halogens is 1. The molecular weight excluding hydrogens is 336 g/mol. The molecule has 134 valence electrons. The van der Waals surface area contributed by atoms with Crippen molar-refractivity contribution < 1.29 is 9.47 Å². The summed E-state index contributed by atoms with van der Waals surface area (Å²) in [6.45, 7) is 6.08. The van der Waals surface area contributed by atoms with Crippen LogP contribution in [0.2, 0.25) is 5.02 Å². The Kier molecular flexibility index (Phi) is 6.19. The van der Waals surface area contributed by atoms with Crippen LogP contribution in [0.1, 0.15) is 11.1 Å². The minimum absolute atomic E-state index is 0.808. The van der Waals surface area contributed by atoms with E-state index in [0.717, 1.165) is 55.8 Å². The molecule has 3 rings (SSSR count). The molecule has 25 heavy (non-hydrogen) atoms. The van der Waals surface area contributed by atoms with Gasteiger partial charge in [-0.05, 0) is 23.8 Å². The molecule has 0 N–H and O–H groups in total. The number of rotatable bonds is 6. The fourth-order valence-corrected chi connectivity index (χ4v) is 3.44. The molecule has 5 heteroatoms. The van der Waals surface area contributed by atoms with Gasteiger partial charge in [-0.15, -0.1) is 0 Å². The maximum atomic E-state index is 6.08. The van der Waals surface area contributed by atoms with Gasteiger partial charge in [-0.2, -0.15) is 0 Å². The summed E-state index contributed by atoms with van der Waals surface area (Å²) in [5.41, 5.74) is 2.48. The van der Waals surface area contributed by atoms with Crippen LogP contribution in [0.4, 0.5) is 0 Å². The zero-order valence-electron chi connectivity index (χ0n) is 14.9. The highest BCUT2D eigenvalue weighted by Crippen LogP contribution is 2.26. The van der Waals surface area contributed by atoms with Crippen LogP contribution in [0.15, 0.2) is 42.5 Å². The molecule has 0 aliphatic carbocycles. The summed E-state index contributed by atoms with van der Waals surface area (Å²) >= 11 is 6.08. The highest BCUT2D eigenvalue weighted by atomic mass is 35.5. The Balaban J connectivity index is 1.54. The van der Waals surface area contributed by atoms with Gasteiger partial charge in [0.25, 0.3) is 0 Å². The van der Waals surface area contributed by atoms with E-state index in [1.54, 1.807) is 14.2 Å².